The number of nitrogen functional groups attached to an aromatic ring is 1. The average molecular weight is 278 g/mol. The fourth-order valence-electron chi connectivity index (χ4n) is 2.89. The molecule has 4 heteroatoms. The molecule has 2 aliphatic rings. The standard InChI is InChI=1S/C15H22N2OS/c1-3-4-10-7-11(10)17-15-12(9-5-6-9)13(16)14(19-15)8(2)18/h9-11,17H,3-7,16H2,1-2H3. The SMILES string of the molecule is CCCC1CC1Nc1sc(C(C)=O)c(N)c1C1CC1. The Balaban J connectivity index is 1.80. The number of nitrogens with one attached hydrogen (secondary N) is 1. The lowest BCUT2D eigenvalue weighted by atomic mass is 10.1. The van der Waals surface area contributed by atoms with Gasteiger partial charge >= 0.3 is 0 Å². The molecule has 0 bridgehead atoms. The highest BCUT2D eigenvalue weighted by Gasteiger charge is 2.39. The molecule has 2 saturated carbocycles. The van der Waals surface area contributed by atoms with E-state index in [1.54, 1.807) is 18.3 Å². The summed E-state index contributed by atoms with van der Waals surface area (Å²) in [6, 6.07) is 0.607. The van der Waals surface area contributed by atoms with Crippen LogP contribution in [-0.2, 0) is 0 Å². The minimum Gasteiger partial charge on any atom is -0.397 e. The van der Waals surface area contributed by atoms with Gasteiger partial charge in [-0.05, 0) is 37.5 Å². The summed E-state index contributed by atoms with van der Waals surface area (Å²) in [5.41, 5.74) is 8.16. The van der Waals surface area contributed by atoms with Crippen molar-refractivity contribution < 1.29 is 4.79 Å². The summed E-state index contributed by atoms with van der Waals surface area (Å²) in [5, 5.41) is 4.82. The maximum atomic E-state index is 11.6. The molecule has 1 aromatic rings. The quantitative estimate of drug-likeness (QED) is 0.773. The molecule has 2 aliphatic carbocycles. The molecule has 0 saturated heterocycles. The van der Waals surface area contributed by atoms with Crippen LogP contribution in [0.2, 0.25) is 0 Å². The van der Waals surface area contributed by atoms with Gasteiger partial charge in [0.2, 0.25) is 0 Å². The van der Waals surface area contributed by atoms with Gasteiger partial charge in [0.05, 0.1) is 15.6 Å². The summed E-state index contributed by atoms with van der Waals surface area (Å²) in [7, 11) is 0. The Kier molecular flexibility index (Phi) is 3.29. The van der Waals surface area contributed by atoms with Crippen LogP contribution in [0.3, 0.4) is 0 Å². The molecule has 1 heterocycles. The van der Waals surface area contributed by atoms with E-state index < -0.39 is 0 Å². The first-order valence-corrected chi connectivity index (χ1v) is 8.13. The van der Waals surface area contributed by atoms with Gasteiger partial charge in [-0.25, -0.2) is 0 Å². The van der Waals surface area contributed by atoms with Crippen LogP contribution in [0, 0.1) is 5.92 Å². The van der Waals surface area contributed by atoms with Crippen LogP contribution in [0.15, 0.2) is 0 Å². The molecule has 0 amide bonds. The highest BCUT2D eigenvalue weighted by atomic mass is 32.1. The van der Waals surface area contributed by atoms with Crippen molar-refractivity contribution in [1.82, 2.24) is 0 Å². The van der Waals surface area contributed by atoms with Crippen LogP contribution in [-0.4, -0.2) is 11.8 Å². The van der Waals surface area contributed by atoms with Crippen molar-refractivity contribution >= 4 is 27.8 Å². The number of anilines is 2. The molecule has 2 unspecified atom stereocenters. The lowest BCUT2D eigenvalue weighted by Crippen LogP contribution is -2.05. The first-order chi connectivity index (χ1) is 9.11. The summed E-state index contributed by atoms with van der Waals surface area (Å²) < 4.78 is 0. The van der Waals surface area contributed by atoms with Crippen molar-refractivity contribution in [2.75, 3.05) is 11.1 Å². The second-order valence-corrected chi connectivity index (χ2v) is 6.97. The predicted octanol–water partition coefficient (Wildman–Crippen LogP) is 4.01. The van der Waals surface area contributed by atoms with Crippen LogP contribution < -0.4 is 11.1 Å². The molecule has 3 N–H and O–H groups in total. The number of carbonyl (C=O) groups is 1. The third-order valence-corrected chi connectivity index (χ3v) is 5.44. The number of hydrogen-bond acceptors (Lipinski definition) is 4. The Morgan fingerprint density at radius 3 is 2.79 bits per heavy atom. The lowest BCUT2D eigenvalue weighted by Gasteiger charge is -2.06. The summed E-state index contributed by atoms with van der Waals surface area (Å²) in [5.74, 6) is 1.51. The van der Waals surface area contributed by atoms with Crippen molar-refractivity contribution in [3.63, 3.8) is 0 Å². The fraction of sp³-hybridized carbons (Fsp3) is 0.667. The molecular formula is C15H22N2OS. The van der Waals surface area contributed by atoms with E-state index in [1.165, 1.54) is 42.7 Å². The van der Waals surface area contributed by atoms with E-state index in [0.717, 1.165) is 16.5 Å². The maximum absolute atomic E-state index is 11.6. The number of carbonyl (C=O) groups excluding carboxylic acids is 1. The van der Waals surface area contributed by atoms with Gasteiger partial charge in [0, 0.05) is 18.5 Å². The highest BCUT2D eigenvalue weighted by Crippen LogP contribution is 2.52. The van der Waals surface area contributed by atoms with Crippen molar-refractivity contribution in [1.29, 1.82) is 0 Å². The smallest absolute Gasteiger partial charge is 0.171 e. The summed E-state index contributed by atoms with van der Waals surface area (Å²) in [6.07, 6.45) is 6.26. The molecule has 19 heavy (non-hydrogen) atoms. The van der Waals surface area contributed by atoms with E-state index >= 15 is 0 Å². The van der Waals surface area contributed by atoms with Crippen LogP contribution in [0.25, 0.3) is 0 Å². The Morgan fingerprint density at radius 2 is 2.21 bits per heavy atom. The molecule has 0 aromatic carbocycles. The molecule has 2 atom stereocenters. The molecule has 3 nitrogen and oxygen atoms in total. The Morgan fingerprint density at radius 1 is 1.47 bits per heavy atom. The Bertz CT molecular complexity index is 504. The largest absolute Gasteiger partial charge is 0.397 e. The number of ketones is 1. The van der Waals surface area contributed by atoms with E-state index in [4.69, 9.17) is 5.73 Å². The lowest BCUT2D eigenvalue weighted by molar-refractivity contribution is 0.102. The Labute approximate surface area is 118 Å². The van der Waals surface area contributed by atoms with E-state index in [2.05, 4.69) is 12.2 Å². The number of Topliss-reactive ketones (excluding diaryl/α,β-unsaturated/α-hetero) is 1. The van der Waals surface area contributed by atoms with Crippen molar-refractivity contribution in [2.24, 2.45) is 5.92 Å². The summed E-state index contributed by atoms with van der Waals surface area (Å²) in [6.45, 7) is 3.85. The topological polar surface area (TPSA) is 55.1 Å². The van der Waals surface area contributed by atoms with Gasteiger partial charge in [-0.2, -0.15) is 0 Å². The molecule has 104 valence electrons. The normalized spacial score (nSPS) is 25.4. The number of thiophene rings is 1. The Hall–Kier alpha value is -1.03. The van der Waals surface area contributed by atoms with Gasteiger partial charge in [-0.3, -0.25) is 4.79 Å². The van der Waals surface area contributed by atoms with Gasteiger partial charge in [0.15, 0.2) is 5.78 Å². The van der Waals surface area contributed by atoms with Crippen molar-refractivity contribution in [3.05, 3.63) is 10.4 Å². The molecule has 0 radical (unpaired) electrons. The highest BCUT2D eigenvalue weighted by molar-refractivity contribution is 7.18. The molecule has 3 rings (SSSR count). The van der Waals surface area contributed by atoms with E-state index in [9.17, 15) is 4.79 Å². The minimum absolute atomic E-state index is 0.0957. The van der Waals surface area contributed by atoms with E-state index in [-0.39, 0.29) is 5.78 Å². The predicted molar refractivity (Wildman–Crippen MR) is 81.1 cm³/mol. The minimum atomic E-state index is 0.0957. The van der Waals surface area contributed by atoms with Gasteiger partial charge in [-0.15, -0.1) is 11.3 Å². The van der Waals surface area contributed by atoms with Crippen LogP contribution in [0.1, 0.15) is 67.1 Å². The van der Waals surface area contributed by atoms with Crippen molar-refractivity contribution in [2.45, 2.75) is 57.9 Å². The molecule has 1 aromatic heterocycles. The fourth-order valence-corrected chi connectivity index (χ4v) is 4.05. The number of nitrogens with two attached hydrogens (primary N) is 1. The van der Waals surface area contributed by atoms with Crippen LogP contribution >= 0.6 is 11.3 Å². The second kappa shape index (κ2) is 4.82. The van der Waals surface area contributed by atoms with Crippen LogP contribution in [0.4, 0.5) is 10.7 Å². The van der Waals surface area contributed by atoms with Gasteiger partial charge in [0.1, 0.15) is 0 Å². The van der Waals surface area contributed by atoms with Gasteiger partial charge in [0.25, 0.3) is 0 Å². The van der Waals surface area contributed by atoms with Gasteiger partial charge < -0.3 is 11.1 Å². The average Bonchev–Trinajstić information content (AvgIpc) is 3.24. The summed E-state index contributed by atoms with van der Waals surface area (Å²) >= 11 is 1.57. The molecular weight excluding hydrogens is 256 g/mol. The monoisotopic (exact) mass is 278 g/mol. The molecule has 0 spiro atoms. The zero-order chi connectivity index (χ0) is 13.6. The van der Waals surface area contributed by atoms with E-state index in [1.807, 2.05) is 0 Å². The first kappa shape index (κ1) is 13.0. The van der Waals surface area contributed by atoms with Crippen LogP contribution in [0.5, 0.6) is 0 Å². The first-order valence-electron chi connectivity index (χ1n) is 7.31. The number of hydrogen-bond donors (Lipinski definition) is 2. The second-order valence-electron chi connectivity index (χ2n) is 5.95. The van der Waals surface area contributed by atoms with E-state index in [0.29, 0.717) is 12.0 Å². The molecule has 0 aliphatic heterocycles. The number of rotatable bonds is 6. The third kappa shape index (κ3) is 2.50. The summed E-state index contributed by atoms with van der Waals surface area (Å²) in [4.78, 5) is 12.4. The maximum Gasteiger partial charge on any atom is 0.171 e. The molecule has 2 fully saturated rings. The van der Waals surface area contributed by atoms with Gasteiger partial charge in [-0.1, -0.05) is 13.3 Å². The zero-order valence-electron chi connectivity index (χ0n) is 11.7. The zero-order valence-corrected chi connectivity index (χ0v) is 12.5. The van der Waals surface area contributed by atoms with Crippen molar-refractivity contribution in [3.8, 4) is 0 Å². The third-order valence-electron chi connectivity index (χ3n) is 4.19.